The van der Waals surface area contributed by atoms with Gasteiger partial charge in [0, 0.05) is 43.9 Å². The highest BCUT2D eigenvalue weighted by molar-refractivity contribution is 5.95. The summed E-state index contributed by atoms with van der Waals surface area (Å²) in [7, 11) is 3.93. The van der Waals surface area contributed by atoms with Crippen molar-refractivity contribution in [1.82, 2.24) is 14.7 Å². The van der Waals surface area contributed by atoms with Gasteiger partial charge < -0.3 is 19.4 Å². The Labute approximate surface area is 176 Å². The number of benzene rings is 2. The number of hydrogen-bond donors (Lipinski definition) is 0. The van der Waals surface area contributed by atoms with Crippen LogP contribution in [0.25, 0.3) is 0 Å². The predicted molar refractivity (Wildman–Crippen MR) is 113 cm³/mol. The van der Waals surface area contributed by atoms with Crippen LogP contribution in [0.2, 0.25) is 0 Å². The molecule has 1 unspecified atom stereocenters. The maximum absolute atomic E-state index is 13.2. The molecule has 0 radical (unpaired) electrons. The van der Waals surface area contributed by atoms with Crippen LogP contribution in [0.15, 0.2) is 54.6 Å². The maximum Gasteiger partial charge on any atom is 0.254 e. The third-order valence-electron chi connectivity index (χ3n) is 5.07. The molecule has 1 aliphatic rings. The highest BCUT2D eigenvalue weighted by Crippen LogP contribution is 2.14. The van der Waals surface area contributed by atoms with Crippen LogP contribution in [0.1, 0.15) is 20.7 Å². The van der Waals surface area contributed by atoms with E-state index in [9.17, 15) is 14.0 Å². The van der Waals surface area contributed by atoms with Gasteiger partial charge in [-0.25, -0.2) is 4.39 Å². The van der Waals surface area contributed by atoms with E-state index in [0.29, 0.717) is 43.9 Å². The molecule has 1 atom stereocenters. The van der Waals surface area contributed by atoms with Crippen LogP contribution in [0.5, 0.6) is 0 Å². The molecule has 0 bridgehead atoms. The Kier molecular flexibility index (Phi) is 7.54. The topological polar surface area (TPSA) is 53.1 Å². The average Bonchev–Trinajstić information content (AvgIpc) is 2.77. The van der Waals surface area contributed by atoms with Crippen molar-refractivity contribution < 1.29 is 18.7 Å². The van der Waals surface area contributed by atoms with Crippen LogP contribution < -0.4 is 0 Å². The van der Waals surface area contributed by atoms with E-state index in [1.165, 1.54) is 24.3 Å². The van der Waals surface area contributed by atoms with E-state index >= 15 is 0 Å². The van der Waals surface area contributed by atoms with Crippen molar-refractivity contribution in [3.05, 3.63) is 71.5 Å². The summed E-state index contributed by atoms with van der Waals surface area (Å²) in [5.74, 6) is -0.581. The van der Waals surface area contributed by atoms with E-state index in [2.05, 4.69) is 0 Å². The number of likely N-dealkylation sites (N-methyl/N-ethyl adjacent to an activating group) is 1. The molecule has 0 N–H and O–H groups in total. The van der Waals surface area contributed by atoms with Crippen molar-refractivity contribution in [2.45, 2.75) is 6.10 Å². The smallest absolute Gasteiger partial charge is 0.254 e. The lowest BCUT2D eigenvalue weighted by molar-refractivity contribution is -0.0334. The Bertz CT molecular complexity index is 843. The van der Waals surface area contributed by atoms with E-state index in [0.717, 1.165) is 6.54 Å². The van der Waals surface area contributed by atoms with Gasteiger partial charge >= 0.3 is 0 Å². The molecule has 1 saturated heterocycles. The van der Waals surface area contributed by atoms with Gasteiger partial charge in [0.2, 0.25) is 0 Å². The predicted octanol–water partition coefficient (Wildman–Crippen LogP) is 2.37. The van der Waals surface area contributed by atoms with E-state index < -0.39 is 0 Å². The molecule has 160 valence electrons. The van der Waals surface area contributed by atoms with Crippen molar-refractivity contribution >= 4 is 11.8 Å². The molecule has 6 nitrogen and oxygen atoms in total. The first-order chi connectivity index (χ1) is 14.4. The van der Waals surface area contributed by atoms with Gasteiger partial charge in [0.25, 0.3) is 11.8 Å². The zero-order valence-corrected chi connectivity index (χ0v) is 17.5. The zero-order chi connectivity index (χ0) is 21.5. The first-order valence-electron chi connectivity index (χ1n) is 10.1. The number of ether oxygens (including phenoxy) is 1. The fourth-order valence-corrected chi connectivity index (χ4v) is 3.39. The van der Waals surface area contributed by atoms with Gasteiger partial charge in [-0.15, -0.1) is 0 Å². The number of rotatable bonds is 7. The molecule has 2 amide bonds. The van der Waals surface area contributed by atoms with Gasteiger partial charge in [-0.2, -0.15) is 0 Å². The van der Waals surface area contributed by atoms with E-state index in [1.54, 1.807) is 21.9 Å². The molecule has 0 aliphatic carbocycles. The molecule has 2 aromatic carbocycles. The van der Waals surface area contributed by atoms with E-state index in [-0.39, 0.29) is 23.7 Å². The molecule has 1 heterocycles. The SMILES string of the molecule is CN(C)CCN(CC1CN(C(=O)c2ccc(F)cc2)CCO1)C(=O)c1ccccc1. The molecule has 3 rings (SSSR count). The number of carbonyl (C=O) groups is 2. The Morgan fingerprint density at radius 3 is 2.40 bits per heavy atom. The monoisotopic (exact) mass is 413 g/mol. The van der Waals surface area contributed by atoms with Crippen molar-refractivity contribution in [2.24, 2.45) is 0 Å². The van der Waals surface area contributed by atoms with E-state index in [4.69, 9.17) is 4.74 Å². The van der Waals surface area contributed by atoms with Crippen LogP contribution in [0.4, 0.5) is 4.39 Å². The highest BCUT2D eigenvalue weighted by Gasteiger charge is 2.28. The van der Waals surface area contributed by atoms with Gasteiger partial charge in [0.1, 0.15) is 5.82 Å². The van der Waals surface area contributed by atoms with Crippen molar-refractivity contribution in [3.8, 4) is 0 Å². The number of nitrogens with zero attached hydrogens (tertiary/aromatic N) is 3. The minimum Gasteiger partial charge on any atom is -0.373 e. The van der Waals surface area contributed by atoms with Gasteiger partial charge in [0.05, 0.1) is 12.7 Å². The normalized spacial score (nSPS) is 16.5. The molecule has 1 aliphatic heterocycles. The summed E-state index contributed by atoms with van der Waals surface area (Å²) in [6, 6.07) is 14.7. The lowest BCUT2D eigenvalue weighted by Crippen LogP contribution is -2.51. The molecule has 1 fully saturated rings. The molecule has 7 heteroatoms. The van der Waals surface area contributed by atoms with Crippen LogP contribution in [-0.2, 0) is 4.74 Å². The van der Waals surface area contributed by atoms with Gasteiger partial charge in [-0.1, -0.05) is 18.2 Å². The van der Waals surface area contributed by atoms with Crippen molar-refractivity contribution in [3.63, 3.8) is 0 Å². The van der Waals surface area contributed by atoms with Crippen LogP contribution in [0.3, 0.4) is 0 Å². The number of halogens is 1. The summed E-state index contributed by atoms with van der Waals surface area (Å²) >= 11 is 0. The standard InChI is InChI=1S/C23H28FN3O3/c1-25(2)12-13-26(22(28)18-6-4-3-5-7-18)16-21-17-27(14-15-30-21)23(29)19-8-10-20(24)11-9-19/h3-11,21H,12-17H2,1-2H3. The molecule has 2 aromatic rings. The quantitative estimate of drug-likeness (QED) is 0.699. The third-order valence-corrected chi connectivity index (χ3v) is 5.07. The molecular formula is C23H28FN3O3. The number of morpholine rings is 1. The summed E-state index contributed by atoms with van der Waals surface area (Å²) in [5, 5.41) is 0. The lowest BCUT2D eigenvalue weighted by atomic mass is 10.1. The Balaban J connectivity index is 1.68. The van der Waals surface area contributed by atoms with E-state index in [1.807, 2.05) is 37.2 Å². The lowest BCUT2D eigenvalue weighted by Gasteiger charge is -2.36. The summed E-state index contributed by atoms with van der Waals surface area (Å²) in [6.45, 7) is 2.94. The molecule has 0 spiro atoms. The second kappa shape index (κ2) is 10.3. The minimum atomic E-state index is -0.373. The number of amides is 2. The Hall–Kier alpha value is -2.77. The number of hydrogen-bond acceptors (Lipinski definition) is 4. The zero-order valence-electron chi connectivity index (χ0n) is 17.5. The molecular weight excluding hydrogens is 385 g/mol. The highest BCUT2D eigenvalue weighted by atomic mass is 19.1. The number of carbonyl (C=O) groups excluding carboxylic acids is 2. The second-order valence-corrected chi connectivity index (χ2v) is 7.67. The third kappa shape index (κ3) is 5.87. The average molecular weight is 413 g/mol. The Morgan fingerprint density at radius 1 is 1.03 bits per heavy atom. The fourth-order valence-electron chi connectivity index (χ4n) is 3.39. The summed E-state index contributed by atoms with van der Waals surface area (Å²) in [4.78, 5) is 31.3. The largest absolute Gasteiger partial charge is 0.373 e. The van der Waals surface area contributed by atoms with Gasteiger partial charge in [-0.05, 0) is 50.5 Å². The summed E-state index contributed by atoms with van der Waals surface area (Å²) in [5.41, 5.74) is 1.08. The Morgan fingerprint density at radius 2 is 1.73 bits per heavy atom. The second-order valence-electron chi connectivity index (χ2n) is 7.67. The first kappa shape index (κ1) is 21.9. The summed E-state index contributed by atoms with van der Waals surface area (Å²) < 4.78 is 19.0. The van der Waals surface area contributed by atoms with Crippen molar-refractivity contribution in [1.29, 1.82) is 0 Å². The van der Waals surface area contributed by atoms with Crippen LogP contribution in [0, 0.1) is 5.82 Å². The maximum atomic E-state index is 13.2. The van der Waals surface area contributed by atoms with Crippen molar-refractivity contribution in [2.75, 3.05) is 53.4 Å². The first-order valence-corrected chi connectivity index (χ1v) is 10.1. The summed E-state index contributed by atoms with van der Waals surface area (Å²) in [6.07, 6.45) is -0.280. The molecule has 0 saturated carbocycles. The minimum absolute atomic E-state index is 0.0527. The molecule has 0 aromatic heterocycles. The van der Waals surface area contributed by atoms with Crippen LogP contribution in [-0.4, -0.2) is 86.0 Å². The fraction of sp³-hybridized carbons (Fsp3) is 0.391. The van der Waals surface area contributed by atoms with Gasteiger partial charge in [0.15, 0.2) is 0 Å². The molecule has 30 heavy (non-hydrogen) atoms. The van der Waals surface area contributed by atoms with Crippen LogP contribution >= 0.6 is 0 Å². The van der Waals surface area contributed by atoms with Gasteiger partial charge in [-0.3, -0.25) is 9.59 Å².